The second-order valence-electron chi connectivity index (χ2n) is 3.39. The lowest BCUT2D eigenvalue weighted by Gasteiger charge is -1.96. The van der Waals surface area contributed by atoms with Crippen molar-refractivity contribution >= 4 is 17.1 Å². The standard InChI is InChI=1S/C10H12OS/c1-3-8-5-7-4-6(2)9(11)10(7)12-8/h5-6H,3-4H2,1-2H3. The van der Waals surface area contributed by atoms with Gasteiger partial charge >= 0.3 is 0 Å². The van der Waals surface area contributed by atoms with E-state index < -0.39 is 0 Å². The first-order chi connectivity index (χ1) is 5.72. The van der Waals surface area contributed by atoms with Crippen LogP contribution >= 0.6 is 11.3 Å². The van der Waals surface area contributed by atoms with E-state index in [9.17, 15) is 4.79 Å². The van der Waals surface area contributed by atoms with Crippen LogP contribution in [0.3, 0.4) is 0 Å². The first kappa shape index (κ1) is 7.99. The molecular weight excluding hydrogens is 168 g/mol. The highest BCUT2D eigenvalue weighted by atomic mass is 32.1. The van der Waals surface area contributed by atoms with Crippen LogP contribution in [0.15, 0.2) is 6.07 Å². The number of hydrogen-bond acceptors (Lipinski definition) is 2. The fourth-order valence-corrected chi connectivity index (χ4v) is 2.85. The van der Waals surface area contributed by atoms with E-state index in [2.05, 4.69) is 13.0 Å². The molecule has 0 saturated heterocycles. The molecule has 1 unspecified atom stereocenters. The van der Waals surface area contributed by atoms with Crippen molar-refractivity contribution in [3.63, 3.8) is 0 Å². The van der Waals surface area contributed by atoms with Gasteiger partial charge in [0.15, 0.2) is 5.78 Å². The Labute approximate surface area is 76.4 Å². The SMILES string of the molecule is CCc1cc2c(s1)C(=O)C(C)C2. The van der Waals surface area contributed by atoms with E-state index >= 15 is 0 Å². The van der Waals surface area contributed by atoms with Gasteiger partial charge in [0.2, 0.25) is 0 Å². The molecule has 0 amide bonds. The molecule has 0 radical (unpaired) electrons. The molecule has 1 heterocycles. The molecule has 12 heavy (non-hydrogen) atoms. The minimum atomic E-state index is 0.233. The number of hydrogen-bond donors (Lipinski definition) is 0. The summed E-state index contributed by atoms with van der Waals surface area (Å²) in [6.07, 6.45) is 2.02. The van der Waals surface area contributed by atoms with Gasteiger partial charge < -0.3 is 0 Å². The van der Waals surface area contributed by atoms with Crippen molar-refractivity contribution in [2.45, 2.75) is 26.7 Å². The van der Waals surface area contributed by atoms with E-state index in [1.165, 1.54) is 10.4 Å². The molecule has 0 fully saturated rings. The highest BCUT2D eigenvalue weighted by Crippen LogP contribution is 2.33. The number of thiophene rings is 1. The Morgan fingerprint density at radius 1 is 1.67 bits per heavy atom. The number of aryl methyl sites for hydroxylation is 1. The van der Waals surface area contributed by atoms with E-state index in [1.807, 2.05) is 6.92 Å². The number of rotatable bonds is 1. The highest BCUT2D eigenvalue weighted by Gasteiger charge is 2.28. The summed E-state index contributed by atoms with van der Waals surface area (Å²) in [5.74, 6) is 0.590. The molecule has 0 bridgehead atoms. The summed E-state index contributed by atoms with van der Waals surface area (Å²) in [6.45, 7) is 4.15. The summed E-state index contributed by atoms with van der Waals surface area (Å²) in [5.41, 5.74) is 1.29. The zero-order chi connectivity index (χ0) is 8.72. The average molecular weight is 180 g/mol. The van der Waals surface area contributed by atoms with E-state index in [0.717, 1.165) is 17.7 Å². The van der Waals surface area contributed by atoms with Gasteiger partial charge in [-0.2, -0.15) is 0 Å². The largest absolute Gasteiger partial charge is 0.293 e. The maximum Gasteiger partial charge on any atom is 0.176 e. The fraction of sp³-hybridized carbons (Fsp3) is 0.500. The average Bonchev–Trinajstić information content (AvgIpc) is 2.55. The number of fused-ring (bicyclic) bond motifs is 1. The Morgan fingerprint density at radius 3 is 3.00 bits per heavy atom. The number of Topliss-reactive ketones (excluding diaryl/α,β-unsaturated/α-hetero) is 1. The molecule has 1 aliphatic carbocycles. The summed E-state index contributed by atoms with van der Waals surface area (Å²) < 4.78 is 0. The van der Waals surface area contributed by atoms with Gasteiger partial charge in [-0.1, -0.05) is 13.8 Å². The van der Waals surface area contributed by atoms with Crippen molar-refractivity contribution in [1.29, 1.82) is 0 Å². The molecule has 2 rings (SSSR count). The summed E-state index contributed by atoms with van der Waals surface area (Å²) in [4.78, 5) is 13.9. The van der Waals surface area contributed by atoms with E-state index in [0.29, 0.717) is 5.78 Å². The topological polar surface area (TPSA) is 17.1 Å². The summed E-state index contributed by atoms with van der Waals surface area (Å²) in [5, 5.41) is 0. The smallest absolute Gasteiger partial charge is 0.176 e. The molecule has 64 valence electrons. The third-order valence-electron chi connectivity index (χ3n) is 2.41. The Morgan fingerprint density at radius 2 is 2.42 bits per heavy atom. The van der Waals surface area contributed by atoms with Gasteiger partial charge in [-0.25, -0.2) is 0 Å². The third-order valence-corrected chi connectivity index (χ3v) is 3.74. The molecule has 1 aromatic heterocycles. The van der Waals surface area contributed by atoms with Crippen molar-refractivity contribution in [3.05, 3.63) is 21.4 Å². The second-order valence-corrected chi connectivity index (χ2v) is 4.53. The zero-order valence-electron chi connectivity index (χ0n) is 7.39. The van der Waals surface area contributed by atoms with Crippen LogP contribution in [0, 0.1) is 5.92 Å². The van der Waals surface area contributed by atoms with Crippen LogP contribution in [0.2, 0.25) is 0 Å². The lowest BCUT2D eigenvalue weighted by molar-refractivity contribution is 0.0949. The summed E-state index contributed by atoms with van der Waals surface area (Å²) in [7, 11) is 0. The lowest BCUT2D eigenvalue weighted by atomic mass is 10.1. The Hall–Kier alpha value is -0.630. The van der Waals surface area contributed by atoms with E-state index in [4.69, 9.17) is 0 Å². The molecule has 2 heteroatoms. The van der Waals surface area contributed by atoms with Gasteiger partial charge in [0.05, 0.1) is 4.88 Å². The molecule has 1 aliphatic rings. The van der Waals surface area contributed by atoms with Crippen LogP contribution in [0.4, 0.5) is 0 Å². The van der Waals surface area contributed by atoms with Crippen LogP contribution in [0.1, 0.15) is 34.0 Å². The van der Waals surface area contributed by atoms with Crippen LogP contribution in [0.5, 0.6) is 0 Å². The molecule has 1 atom stereocenters. The minimum Gasteiger partial charge on any atom is -0.293 e. The normalized spacial score (nSPS) is 21.5. The quantitative estimate of drug-likeness (QED) is 0.649. The summed E-state index contributed by atoms with van der Waals surface area (Å²) in [6, 6.07) is 2.20. The van der Waals surface area contributed by atoms with Gasteiger partial charge in [0.1, 0.15) is 0 Å². The van der Waals surface area contributed by atoms with Crippen LogP contribution in [0.25, 0.3) is 0 Å². The Bertz CT molecular complexity index is 325. The molecule has 1 nitrogen and oxygen atoms in total. The predicted molar refractivity (Wildman–Crippen MR) is 50.9 cm³/mol. The lowest BCUT2D eigenvalue weighted by Crippen LogP contribution is -2.02. The van der Waals surface area contributed by atoms with Crippen LogP contribution < -0.4 is 0 Å². The maximum absolute atomic E-state index is 11.5. The van der Waals surface area contributed by atoms with Crippen molar-refractivity contribution in [3.8, 4) is 0 Å². The van der Waals surface area contributed by atoms with E-state index in [1.54, 1.807) is 11.3 Å². The molecular formula is C10H12OS. The Kier molecular flexibility index (Phi) is 1.80. The van der Waals surface area contributed by atoms with E-state index in [-0.39, 0.29) is 5.92 Å². The number of carbonyl (C=O) groups excluding carboxylic acids is 1. The molecule has 0 aromatic carbocycles. The van der Waals surface area contributed by atoms with Gasteiger partial charge in [-0.15, -0.1) is 11.3 Å². The molecule has 1 aromatic rings. The predicted octanol–water partition coefficient (Wildman–Crippen LogP) is 2.69. The van der Waals surface area contributed by atoms with Crippen molar-refractivity contribution in [1.82, 2.24) is 0 Å². The minimum absolute atomic E-state index is 0.233. The highest BCUT2D eigenvalue weighted by molar-refractivity contribution is 7.14. The van der Waals surface area contributed by atoms with Gasteiger partial charge in [0.25, 0.3) is 0 Å². The van der Waals surface area contributed by atoms with Crippen molar-refractivity contribution in [2.75, 3.05) is 0 Å². The number of carbonyl (C=O) groups is 1. The Balaban J connectivity index is 2.42. The van der Waals surface area contributed by atoms with Gasteiger partial charge in [-0.3, -0.25) is 4.79 Å². The second kappa shape index (κ2) is 2.70. The van der Waals surface area contributed by atoms with Crippen molar-refractivity contribution in [2.24, 2.45) is 5.92 Å². The van der Waals surface area contributed by atoms with Crippen LogP contribution in [-0.4, -0.2) is 5.78 Å². The van der Waals surface area contributed by atoms with Gasteiger partial charge in [-0.05, 0) is 24.5 Å². The third kappa shape index (κ3) is 1.02. The first-order valence-electron chi connectivity index (χ1n) is 4.38. The van der Waals surface area contributed by atoms with Crippen molar-refractivity contribution < 1.29 is 4.79 Å². The monoisotopic (exact) mass is 180 g/mol. The zero-order valence-corrected chi connectivity index (χ0v) is 8.20. The molecule has 0 spiro atoms. The number of ketones is 1. The first-order valence-corrected chi connectivity index (χ1v) is 5.19. The maximum atomic E-state index is 11.5. The van der Waals surface area contributed by atoms with Gasteiger partial charge in [0, 0.05) is 10.8 Å². The van der Waals surface area contributed by atoms with Crippen LogP contribution in [-0.2, 0) is 12.8 Å². The molecule has 0 N–H and O–H groups in total. The fourth-order valence-electron chi connectivity index (χ4n) is 1.67. The summed E-state index contributed by atoms with van der Waals surface area (Å²) >= 11 is 1.68. The molecule has 0 aliphatic heterocycles. The molecule has 0 saturated carbocycles.